The summed E-state index contributed by atoms with van der Waals surface area (Å²) < 4.78 is 33.2. The van der Waals surface area contributed by atoms with E-state index in [-0.39, 0.29) is 5.56 Å². The predicted octanol–water partition coefficient (Wildman–Crippen LogP) is 1.43. The van der Waals surface area contributed by atoms with Crippen LogP contribution in [0.4, 0.5) is 3.89 Å². The van der Waals surface area contributed by atoms with Gasteiger partial charge in [-0.15, -0.1) is 3.89 Å². The van der Waals surface area contributed by atoms with Gasteiger partial charge >= 0.3 is 10.2 Å². The number of hydrogen-bond donors (Lipinski definition) is 1. The summed E-state index contributed by atoms with van der Waals surface area (Å²) in [6.07, 6.45) is 0. The zero-order valence-electron chi connectivity index (χ0n) is 6.57. The largest absolute Gasteiger partial charge is 0.506 e. The summed E-state index contributed by atoms with van der Waals surface area (Å²) in [5.41, 5.74) is -0.114. The molecule has 76 valence electrons. The molecular formula is C7H4ClFO4S. The molecule has 1 aromatic carbocycles. The molecule has 0 atom stereocenters. The van der Waals surface area contributed by atoms with E-state index < -0.39 is 26.1 Å². The van der Waals surface area contributed by atoms with E-state index in [1.165, 1.54) is 0 Å². The van der Waals surface area contributed by atoms with Gasteiger partial charge in [-0.05, 0) is 29.8 Å². The minimum atomic E-state index is -4.98. The summed E-state index contributed by atoms with van der Waals surface area (Å²) in [7, 11) is -4.98. The van der Waals surface area contributed by atoms with Gasteiger partial charge in [-0.25, -0.2) is 0 Å². The fraction of sp³-hybridized carbons (Fsp3) is 0. The maximum absolute atomic E-state index is 12.4. The van der Waals surface area contributed by atoms with Crippen molar-refractivity contribution in [2.75, 3.05) is 0 Å². The van der Waals surface area contributed by atoms with E-state index in [2.05, 4.69) is 0 Å². The van der Waals surface area contributed by atoms with Crippen LogP contribution in [0.3, 0.4) is 0 Å². The second-order valence-corrected chi connectivity index (χ2v) is 4.05. The number of phenols is 1. The Morgan fingerprint density at radius 1 is 1.43 bits per heavy atom. The highest BCUT2D eigenvalue weighted by Gasteiger charge is 2.18. The monoisotopic (exact) mass is 238 g/mol. The maximum Gasteiger partial charge on any atom is 0.335 e. The van der Waals surface area contributed by atoms with E-state index in [1.54, 1.807) is 0 Å². The van der Waals surface area contributed by atoms with Gasteiger partial charge in [-0.1, -0.05) is 0 Å². The van der Waals surface area contributed by atoms with Gasteiger partial charge in [0.15, 0.2) is 0 Å². The van der Waals surface area contributed by atoms with E-state index in [9.17, 15) is 17.1 Å². The first-order valence-electron chi connectivity index (χ1n) is 3.30. The molecule has 0 aliphatic heterocycles. The Balaban J connectivity index is 3.35. The van der Waals surface area contributed by atoms with Gasteiger partial charge in [-0.2, -0.15) is 8.42 Å². The minimum absolute atomic E-state index is 0.114. The zero-order chi connectivity index (χ0) is 10.9. The Morgan fingerprint density at radius 2 is 2.00 bits per heavy atom. The number of hydrogen-bond acceptors (Lipinski definition) is 4. The van der Waals surface area contributed by atoms with Crippen molar-refractivity contribution in [3.63, 3.8) is 0 Å². The van der Waals surface area contributed by atoms with Crippen molar-refractivity contribution in [1.29, 1.82) is 0 Å². The number of benzene rings is 1. The minimum Gasteiger partial charge on any atom is -0.506 e. The van der Waals surface area contributed by atoms with E-state index >= 15 is 0 Å². The van der Waals surface area contributed by atoms with Crippen LogP contribution in [0.25, 0.3) is 0 Å². The zero-order valence-corrected chi connectivity index (χ0v) is 8.14. The summed E-state index contributed by atoms with van der Waals surface area (Å²) in [6, 6.07) is 2.55. The first kappa shape index (κ1) is 10.9. The molecule has 7 heteroatoms. The highest BCUT2D eigenvalue weighted by molar-refractivity contribution is 7.86. The standard InChI is InChI=1S/C7H4ClFO4S/c8-7(11)4-1-2-6(5(10)3-4)14(9,12)13/h1-3,10H. The molecule has 0 heterocycles. The molecule has 0 aliphatic rings. The van der Waals surface area contributed by atoms with Crippen LogP contribution in [-0.4, -0.2) is 18.8 Å². The maximum atomic E-state index is 12.4. The Morgan fingerprint density at radius 3 is 2.36 bits per heavy atom. The molecule has 0 amide bonds. The summed E-state index contributed by atoms with van der Waals surface area (Å²) in [4.78, 5) is 9.68. The molecule has 0 aromatic heterocycles. The van der Waals surface area contributed by atoms with Crippen LogP contribution < -0.4 is 0 Å². The fourth-order valence-electron chi connectivity index (χ4n) is 0.846. The molecule has 14 heavy (non-hydrogen) atoms. The van der Waals surface area contributed by atoms with Crippen LogP contribution in [0.1, 0.15) is 10.4 Å². The molecule has 1 aromatic rings. The summed E-state index contributed by atoms with van der Waals surface area (Å²) in [5.74, 6) is -0.848. The molecule has 0 fully saturated rings. The number of halogens is 2. The molecular weight excluding hydrogens is 235 g/mol. The highest BCUT2D eigenvalue weighted by Crippen LogP contribution is 2.25. The lowest BCUT2D eigenvalue weighted by atomic mass is 10.2. The molecule has 4 nitrogen and oxygen atoms in total. The Labute approximate surface area is 84.1 Å². The van der Waals surface area contributed by atoms with E-state index in [1.807, 2.05) is 0 Å². The molecule has 1 N–H and O–H groups in total. The van der Waals surface area contributed by atoms with Crippen LogP contribution in [0.15, 0.2) is 23.1 Å². The number of carbonyl (C=O) groups is 1. The second kappa shape index (κ2) is 3.55. The molecule has 0 radical (unpaired) electrons. The van der Waals surface area contributed by atoms with Crippen molar-refractivity contribution >= 4 is 27.1 Å². The van der Waals surface area contributed by atoms with Crippen LogP contribution >= 0.6 is 11.6 Å². The van der Waals surface area contributed by atoms with Crippen LogP contribution in [-0.2, 0) is 10.2 Å². The van der Waals surface area contributed by atoms with Gasteiger partial charge in [0.2, 0.25) is 0 Å². The van der Waals surface area contributed by atoms with Crippen LogP contribution in [0.5, 0.6) is 5.75 Å². The number of phenolic OH excluding ortho intramolecular Hbond substituents is 1. The van der Waals surface area contributed by atoms with Crippen LogP contribution in [0, 0.1) is 0 Å². The van der Waals surface area contributed by atoms with E-state index in [4.69, 9.17) is 16.7 Å². The van der Waals surface area contributed by atoms with Crippen molar-refractivity contribution in [3.05, 3.63) is 23.8 Å². The first-order chi connectivity index (χ1) is 6.32. The predicted molar refractivity (Wildman–Crippen MR) is 46.6 cm³/mol. The van der Waals surface area contributed by atoms with Crippen molar-refractivity contribution in [1.82, 2.24) is 0 Å². The molecule has 0 aliphatic carbocycles. The van der Waals surface area contributed by atoms with Crippen molar-refractivity contribution in [3.8, 4) is 5.75 Å². The van der Waals surface area contributed by atoms with Gasteiger partial charge in [0.1, 0.15) is 10.6 Å². The lowest BCUT2D eigenvalue weighted by Crippen LogP contribution is -1.95. The molecule has 0 spiro atoms. The molecule has 0 bridgehead atoms. The quantitative estimate of drug-likeness (QED) is 0.791. The van der Waals surface area contributed by atoms with Crippen LogP contribution in [0.2, 0.25) is 0 Å². The van der Waals surface area contributed by atoms with Gasteiger partial charge < -0.3 is 5.11 Å². The molecule has 0 saturated heterocycles. The average Bonchev–Trinajstić information content (AvgIpc) is 2.01. The normalized spacial score (nSPS) is 11.3. The summed E-state index contributed by atoms with van der Waals surface area (Å²) >= 11 is 5.05. The lowest BCUT2D eigenvalue weighted by molar-refractivity contribution is 0.108. The number of carbonyl (C=O) groups excluding carboxylic acids is 1. The lowest BCUT2D eigenvalue weighted by Gasteiger charge is -2.00. The highest BCUT2D eigenvalue weighted by atomic mass is 35.5. The van der Waals surface area contributed by atoms with Gasteiger partial charge in [0.05, 0.1) is 0 Å². The summed E-state index contributed by atoms with van der Waals surface area (Å²) in [6.45, 7) is 0. The molecule has 0 unspecified atom stereocenters. The van der Waals surface area contributed by atoms with Gasteiger partial charge in [0.25, 0.3) is 5.24 Å². The van der Waals surface area contributed by atoms with E-state index in [0.29, 0.717) is 0 Å². The third-order valence-corrected chi connectivity index (χ3v) is 2.54. The van der Waals surface area contributed by atoms with Crippen molar-refractivity contribution in [2.24, 2.45) is 0 Å². The SMILES string of the molecule is O=C(Cl)c1ccc(S(=O)(=O)F)c(O)c1. The Hall–Kier alpha value is -1.14. The Bertz CT molecular complexity index is 482. The Kier molecular flexibility index (Phi) is 2.77. The first-order valence-corrected chi connectivity index (χ1v) is 5.06. The van der Waals surface area contributed by atoms with Crippen molar-refractivity contribution < 1.29 is 22.2 Å². The molecule has 0 saturated carbocycles. The smallest absolute Gasteiger partial charge is 0.335 e. The van der Waals surface area contributed by atoms with E-state index in [0.717, 1.165) is 18.2 Å². The fourth-order valence-corrected chi connectivity index (χ4v) is 1.50. The molecule has 1 rings (SSSR count). The second-order valence-electron chi connectivity index (χ2n) is 2.39. The van der Waals surface area contributed by atoms with Gasteiger partial charge in [-0.3, -0.25) is 4.79 Å². The topological polar surface area (TPSA) is 71.4 Å². The number of rotatable bonds is 2. The van der Waals surface area contributed by atoms with Crippen molar-refractivity contribution in [2.45, 2.75) is 4.90 Å². The average molecular weight is 239 g/mol. The third kappa shape index (κ3) is 2.21. The third-order valence-electron chi connectivity index (χ3n) is 1.45. The van der Waals surface area contributed by atoms with Gasteiger partial charge in [0, 0.05) is 5.56 Å². The summed E-state index contributed by atoms with van der Waals surface area (Å²) in [5, 5.41) is 8.17. The number of aromatic hydroxyl groups is 1.